The SMILES string of the molecule is COc1cc(OC)c2c(C)c3[nH]c2c1C(C(=O)N1CCCC1)c1[nH]c2c(c(OC)cc(OC)c2c1C)C(C(=O)N1CCCC1)c1[nH]c2c(c(OC)cc(OC)c2c1C)C3C(=O)N1CCCC1. The van der Waals surface area contributed by atoms with E-state index in [1.165, 1.54) is 0 Å². The normalized spacial score (nSPS) is 19.4. The molecule has 3 aromatic carbocycles. The van der Waals surface area contributed by atoms with Crippen LogP contribution in [0.1, 0.15) is 107 Å². The second-order valence-electron chi connectivity index (χ2n) is 18.2. The molecule has 6 bridgehead atoms. The predicted molar refractivity (Wildman–Crippen MR) is 251 cm³/mol. The first-order chi connectivity index (χ1) is 32.0. The van der Waals surface area contributed by atoms with Crippen molar-refractivity contribution in [3.05, 3.63) is 68.7 Å². The zero-order valence-electron chi connectivity index (χ0n) is 39.5. The first kappa shape index (κ1) is 43.4. The zero-order chi connectivity index (χ0) is 46.3. The van der Waals surface area contributed by atoms with Crippen molar-refractivity contribution in [1.82, 2.24) is 29.7 Å². The Morgan fingerprint density at radius 1 is 0.409 bits per heavy atom. The van der Waals surface area contributed by atoms with Crippen LogP contribution in [-0.2, 0) is 14.4 Å². The summed E-state index contributed by atoms with van der Waals surface area (Å²) in [5.41, 5.74) is 7.83. The van der Waals surface area contributed by atoms with Gasteiger partial charge in [-0.2, -0.15) is 0 Å². The van der Waals surface area contributed by atoms with Gasteiger partial charge in [-0.3, -0.25) is 14.4 Å². The Balaban J connectivity index is 1.45. The van der Waals surface area contributed by atoms with Crippen LogP contribution in [0.4, 0.5) is 0 Å². The van der Waals surface area contributed by atoms with Crippen LogP contribution < -0.4 is 28.4 Å². The monoisotopic (exact) mass is 900 g/mol. The first-order valence-electron chi connectivity index (χ1n) is 23.2. The molecule has 0 aliphatic carbocycles. The number of nitrogens with zero attached hydrogens (tertiary/aromatic N) is 3. The molecule has 3 amide bonds. The summed E-state index contributed by atoms with van der Waals surface area (Å²) < 4.78 is 37.4. The van der Waals surface area contributed by atoms with E-state index in [4.69, 9.17) is 28.4 Å². The molecule has 3 unspecified atom stereocenters. The van der Waals surface area contributed by atoms with E-state index in [1.54, 1.807) is 42.7 Å². The molecule has 15 nitrogen and oxygen atoms in total. The second-order valence-corrected chi connectivity index (χ2v) is 18.2. The van der Waals surface area contributed by atoms with Gasteiger partial charge in [0.15, 0.2) is 0 Å². The Hall–Kier alpha value is -6.51. The molecule has 0 spiro atoms. The van der Waals surface area contributed by atoms with E-state index >= 15 is 14.4 Å². The quantitative estimate of drug-likeness (QED) is 0.132. The largest absolute Gasteiger partial charge is 0.496 e. The van der Waals surface area contributed by atoms with Crippen LogP contribution >= 0.6 is 0 Å². The van der Waals surface area contributed by atoms with Crippen LogP contribution in [0.3, 0.4) is 0 Å². The topological polar surface area (TPSA) is 164 Å². The van der Waals surface area contributed by atoms with E-state index in [-0.39, 0.29) is 17.7 Å². The summed E-state index contributed by atoms with van der Waals surface area (Å²) in [6.45, 7) is 9.63. The van der Waals surface area contributed by atoms with Crippen LogP contribution in [0.25, 0.3) is 32.7 Å². The zero-order valence-corrected chi connectivity index (χ0v) is 39.5. The van der Waals surface area contributed by atoms with Gasteiger partial charge < -0.3 is 58.1 Å². The number of carbonyl (C=O) groups excluding carboxylic acids is 3. The molecular weight excluding hydrogens is 841 g/mol. The minimum atomic E-state index is -0.945. The number of fused-ring (bicyclic) bond motifs is 3. The Bertz CT molecular complexity index is 2630. The van der Waals surface area contributed by atoms with Gasteiger partial charge in [0.1, 0.15) is 52.3 Å². The van der Waals surface area contributed by atoms with E-state index < -0.39 is 17.8 Å². The molecule has 4 aliphatic rings. The van der Waals surface area contributed by atoms with E-state index in [0.29, 0.717) is 124 Å². The van der Waals surface area contributed by atoms with Crippen molar-refractivity contribution in [2.24, 2.45) is 0 Å². The number of nitrogens with one attached hydrogen (secondary N) is 3. The lowest BCUT2D eigenvalue weighted by atomic mass is 9.86. The lowest BCUT2D eigenvalue weighted by molar-refractivity contribution is -0.131. The Morgan fingerprint density at radius 2 is 0.636 bits per heavy atom. The van der Waals surface area contributed by atoms with Crippen LogP contribution in [0.2, 0.25) is 0 Å². The highest BCUT2D eigenvalue weighted by molar-refractivity contribution is 6.07. The molecule has 3 N–H and O–H groups in total. The van der Waals surface area contributed by atoms with E-state index in [0.717, 1.165) is 71.4 Å². The lowest BCUT2D eigenvalue weighted by Gasteiger charge is -2.26. The van der Waals surface area contributed by atoms with Crippen molar-refractivity contribution in [2.45, 2.75) is 77.0 Å². The van der Waals surface area contributed by atoms with Gasteiger partial charge in [0, 0.05) is 107 Å². The standard InChI is InChI=1S/C51H60N6O9/c1-25-34-28(61-4)22-31(64-7)38-41(50(59)56-18-12-13-19-56)44-27(3)36-30(63-6)24-33(66-9)39(48(36)54-44)42(51(60)57-20-14-15-21-57)45-26(2)35-29(62-5)23-32(65-8)37(47(35)53-45)40(43(25)52-46(34)38)49(58)55-16-10-11-17-55/h22-24,40-42,52-54H,10-21H2,1-9H3. The summed E-state index contributed by atoms with van der Waals surface area (Å²) in [5, 5.41) is 2.18. The molecule has 3 atom stereocenters. The third-order valence-corrected chi connectivity index (χ3v) is 15.0. The van der Waals surface area contributed by atoms with Crippen molar-refractivity contribution < 1.29 is 42.8 Å². The maximum atomic E-state index is 15.6. The van der Waals surface area contributed by atoms with Crippen LogP contribution in [0.15, 0.2) is 18.2 Å². The number of amides is 3. The number of H-pyrrole nitrogens is 3. The number of hydrogen-bond acceptors (Lipinski definition) is 9. The maximum absolute atomic E-state index is 15.6. The Kier molecular flexibility index (Phi) is 11.0. The second kappa shape index (κ2) is 16.7. The first-order valence-corrected chi connectivity index (χ1v) is 23.2. The Labute approximate surface area is 383 Å². The van der Waals surface area contributed by atoms with Gasteiger partial charge in [0.25, 0.3) is 0 Å². The van der Waals surface area contributed by atoms with E-state index in [2.05, 4.69) is 15.0 Å². The summed E-state index contributed by atoms with van der Waals surface area (Å²) >= 11 is 0. The highest BCUT2D eigenvalue weighted by atomic mass is 16.5. The molecule has 3 aromatic heterocycles. The van der Waals surface area contributed by atoms with E-state index in [9.17, 15) is 0 Å². The molecule has 3 saturated heterocycles. The van der Waals surface area contributed by atoms with Gasteiger partial charge in [0.05, 0.1) is 59.2 Å². The Morgan fingerprint density at radius 3 is 0.848 bits per heavy atom. The van der Waals surface area contributed by atoms with Crippen molar-refractivity contribution in [2.75, 3.05) is 81.9 Å². The average molecular weight is 901 g/mol. The van der Waals surface area contributed by atoms with Gasteiger partial charge in [-0.25, -0.2) is 0 Å². The predicted octanol–water partition coefficient (Wildman–Crippen LogP) is 7.68. The molecule has 0 saturated carbocycles. The van der Waals surface area contributed by atoms with Gasteiger partial charge in [-0.15, -0.1) is 0 Å². The number of methoxy groups -OCH3 is 6. The lowest BCUT2D eigenvalue weighted by Crippen LogP contribution is -2.34. The number of aromatic amines is 3. The number of ether oxygens (including phenoxy) is 6. The summed E-state index contributed by atoms with van der Waals surface area (Å²) in [6, 6.07) is 5.53. The molecule has 10 rings (SSSR count). The van der Waals surface area contributed by atoms with Crippen LogP contribution in [0, 0.1) is 20.8 Å². The molecule has 4 aliphatic heterocycles. The number of likely N-dealkylation sites (tertiary alicyclic amines) is 3. The molecule has 66 heavy (non-hydrogen) atoms. The highest BCUT2D eigenvalue weighted by Gasteiger charge is 2.44. The van der Waals surface area contributed by atoms with Crippen molar-refractivity contribution in [3.63, 3.8) is 0 Å². The number of aryl methyl sites for hydroxylation is 3. The molecule has 6 aromatic rings. The number of hydrogen-bond donors (Lipinski definition) is 3. The fourth-order valence-electron chi connectivity index (χ4n) is 11.8. The van der Waals surface area contributed by atoms with Crippen molar-refractivity contribution >= 4 is 50.4 Å². The minimum absolute atomic E-state index is 0.102. The summed E-state index contributed by atoms with van der Waals surface area (Å²) in [6.07, 6.45) is 5.31. The number of aromatic nitrogens is 3. The number of benzene rings is 3. The molecular formula is C51H60N6O9. The smallest absolute Gasteiger partial charge is 0.236 e. The molecule has 15 heteroatoms. The molecule has 348 valence electrons. The van der Waals surface area contributed by atoms with Crippen molar-refractivity contribution in [3.8, 4) is 34.5 Å². The third-order valence-electron chi connectivity index (χ3n) is 15.0. The van der Waals surface area contributed by atoms with Crippen molar-refractivity contribution in [1.29, 1.82) is 0 Å². The van der Waals surface area contributed by atoms with Gasteiger partial charge in [-0.05, 0) is 76.0 Å². The molecule has 7 heterocycles. The number of carbonyl (C=O) groups is 3. The van der Waals surface area contributed by atoms with Crippen LogP contribution in [-0.4, -0.2) is 129 Å². The van der Waals surface area contributed by atoms with Crippen LogP contribution in [0.5, 0.6) is 34.5 Å². The summed E-state index contributed by atoms with van der Waals surface area (Å²) in [4.78, 5) is 64.2. The average Bonchev–Trinajstić information content (AvgIpc) is 4.21. The van der Waals surface area contributed by atoms with Gasteiger partial charge >= 0.3 is 0 Å². The number of rotatable bonds is 9. The summed E-state index contributed by atoms with van der Waals surface area (Å²) in [7, 11) is 9.66. The molecule has 3 fully saturated rings. The van der Waals surface area contributed by atoms with Gasteiger partial charge in [-0.1, -0.05) is 0 Å². The third kappa shape index (κ3) is 6.31. The fourth-order valence-corrected chi connectivity index (χ4v) is 11.8. The molecule has 0 radical (unpaired) electrons. The highest BCUT2D eigenvalue weighted by Crippen LogP contribution is 2.54. The summed E-state index contributed by atoms with van der Waals surface area (Å²) in [5.74, 6) is -0.234. The van der Waals surface area contributed by atoms with Gasteiger partial charge in [0.2, 0.25) is 17.7 Å². The minimum Gasteiger partial charge on any atom is -0.496 e. The maximum Gasteiger partial charge on any atom is 0.236 e. The van der Waals surface area contributed by atoms with E-state index in [1.807, 2.05) is 53.7 Å². The fraction of sp³-hybridized carbons (Fsp3) is 0.471.